The molecule has 0 atom stereocenters. The lowest BCUT2D eigenvalue weighted by Crippen LogP contribution is -2.30. The molecule has 114 valence electrons. The van der Waals surface area contributed by atoms with Crippen molar-refractivity contribution >= 4 is 23.5 Å². The van der Waals surface area contributed by atoms with Gasteiger partial charge < -0.3 is 5.32 Å². The maximum atomic E-state index is 12.2. The number of carbonyl (C=O) groups excluding carboxylic acids is 2. The van der Waals surface area contributed by atoms with Crippen molar-refractivity contribution in [1.29, 1.82) is 0 Å². The van der Waals surface area contributed by atoms with Crippen LogP contribution >= 0.6 is 11.8 Å². The van der Waals surface area contributed by atoms with Gasteiger partial charge in [-0.15, -0.1) is 11.8 Å². The standard InChI is InChI=1S/C17H18N2O2S/c1-2-11-22-17-14(9-6-10-18-17)16(21)19-12-15(20)13-7-4-3-5-8-13/h3-10H,2,11-12H2,1H3,(H,19,21). The molecule has 2 aromatic rings. The second-order valence-corrected chi connectivity index (χ2v) is 5.76. The Morgan fingerprint density at radius 1 is 1.14 bits per heavy atom. The van der Waals surface area contributed by atoms with E-state index in [9.17, 15) is 9.59 Å². The zero-order chi connectivity index (χ0) is 15.8. The van der Waals surface area contributed by atoms with Crippen molar-refractivity contribution in [3.8, 4) is 0 Å². The van der Waals surface area contributed by atoms with Gasteiger partial charge in [-0.2, -0.15) is 0 Å². The highest BCUT2D eigenvalue weighted by Gasteiger charge is 2.14. The molecule has 1 aromatic heterocycles. The summed E-state index contributed by atoms with van der Waals surface area (Å²) in [7, 11) is 0. The van der Waals surface area contributed by atoms with E-state index in [0.29, 0.717) is 16.2 Å². The van der Waals surface area contributed by atoms with Gasteiger partial charge in [0, 0.05) is 11.8 Å². The molecule has 0 fully saturated rings. The lowest BCUT2D eigenvalue weighted by atomic mass is 10.1. The third kappa shape index (κ3) is 4.43. The lowest BCUT2D eigenvalue weighted by molar-refractivity contribution is 0.0901. The van der Waals surface area contributed by atoms with Gasteiger partial charge in [-0.25, -0.2) is 4.98 Å². The molecule has 0 bridgehead atoms. The summed E-state index contributed by atoms with van der Waals surface area (Å²) in [5.74, 6) is 0.525. The minimum Gasteiger partial charge on any atom is -0.344 e. The molecule has 0 saturated carbocycles. The van der Waals surface area contributed by atoms with Crippen molar-refractivity contribution in [3.63, 3.8) is 0 Å². The molecule has 0 aliphatic heterocycles. The molecule has 5 heteroatoms. The van der Waals surface area contributed by atoms with Gasteiger partial charge in [0.2, 0.25) is 0 Å². The quantitative estimate of drug-likeness (QED) is 0.630. The smallest absolute Gasteiger partial charge is 0.254 e. The van der Waals surface area contributed by atoms with E-state index in [1.807, 2.05) is 6.07 Å². The van der Waals surface area contributed by atoms with Crippen molar-refractivity contribution in [3.05, 3.63) is 59.8 Å². The molecule has 0 radical (unpaired) electrons. The molecule has 1 aromatic carbocycles. The molecule has 22 heavy (non-hydrogen) atoms. The number of carbonyl (C=O) groups is 2. The Hall–Kier alpha value is -2.14. The van der Waals surface area contributed by atoms with Crippen LogP contribution in [-0.4, -0.2) is 29.0 Å². The van der Waals surface area contributed by atoms with Gasteiger partial charge in [0.1, 0.15) is 5.03 Å². The first kappa shape index (κ1) is 16.2. The monoisotopic (exact) mass is 314 g/mol. The minimum atomic E-state index is -0.268. The maximum absolute atomic E-state index is 12.2. The van der Waals surface area contributed by atoms with Gasteiger partial charge >= 0.3 is 0 Å². The summed E-state index contributed by atoms with van der Waals surface area (Å²) >= 11 is 1.55. The van der Waals surface area contributed by atoms with Gasteiger partial charge in [0.25, 0.3) is 5.91 Å². The fourth-order valence-corrected chi connectivity index (χ4v) is 2.71. The molecule has 0 unspecified atom stereocenters. The van der Waals surface area contributed by atoms with Gasteiger partial charge in [0.15, 0.2) is 5.78 Å². The van der Waals surface area contributed by atoms with Crippen LogP contribution in [0.1, 0.15) is 34.1 Å². The van der Waals surface area contributed by atoms with E-state index in [2.05, 4.69) is 17.2 Å². The number of hydrogen-bond donors (Lipinski definition) is 1. The van der Waals surface area contributed by atoms with Crippen LogP contribution in [0.4, 0.5) is 0 Å². The third-order valence-corrected chi connectivity index (χ3v) is 4.18. The number of hydrogen-bond acceptors (Lipinski definition) is 4. The van der Waals surface area contributed by atoms with Gasteiger partial charge in [-0.3, -0.25) is 9.59 Å². The SMILES string of the molecule is CCCSc1ncccc1C(=O)NCC(=O)c1ccccc1. The van der Waals surface area contributed by atoms with E-state index in [-0.39, 0.29) is 18.2 Å². The Kier molecular flexibility index (Phi) is 6.15. The Morgan fingerprint density at radius 2 is 1.91 bits per heavy atom. The average Bonchev–Trinajstić information content (AvgIpc) is 2.58. The summed E-state index contributed by atoms with van der Waals surface area (Å²) in [5, 5.41) is 3.38. The summed E-state index contributed by atoms with van der Waals surface area (Å²) in [5.41, 5.74) is 1.11. The van der Waals surface area contributed by atoms with Gasteiger partial charge in [-0.1, -0.05) is 37.3 Å². The number of benzene rings is 1. The van der Waals surface area contributed by atoms with Crippen molar-refractivity contribution in [2.24, 2.45) is 0 Å². The van der Waals surface area contributed by atoms with Crippen LogP contribution < -0.4 is 5.32 Å². The van der Waals surface area contributed by atoms with Crippen LogP contribution in [0.3, 0.4) is 0 Å². The number of aromatic nitrogens is 1. The molecule has 0 spiro atoms. The summed E-state index contributed by atoms with van der Waals surface area (Å²) in [6.45, 7) is 2.06. The van der Waals surface area contributed by atoms with Crippen LogP contribution in [0, 0.1) is 0 Å². The Balaban J connectivity index is 1.99. The maximum Gasteiger partial charge on any atom is 0.254 e. The summed E-state index contributed by atoms with van der Waals surface area (Å²) < 4.78 is 0. The number of ketones is 1. The number of Topliss-reactive ketones (excluding diaryl/α,β-unsaturated/α-hetero) is 1. The third-order valence-electron chi connectivity index (χ3n) is 2.96. The van der Waals surface area contributed by atoms with E-state index in [1.165, 1.54) is 0 Å². The first-order valence-electron chi connectivity index (χ1n) is 7.16. The van der Waals surface area contributed by atoms with Crippen molar-refractivity contribution in [2.75, 3.05) is 12.3 Å². The molecule has 0 aliphatic rings. The van der Waals surface area contributed by atoms with Crippen LogP contribution in [0.15, 0.2) is 53.7 Å². The normalized spacial score (nSPS) is 10.2. The summed E-state index contributed by atoms with van der Waals surface area (Å²) in [6.07, 6.45) is 2.68. The second kappa shape index (κ2) is 8.34. The summed E-state index contributed by atoms with van der Waals surface area (Å²) in [4.78, 5) is 28.5. The number of nitrogens with one attached hydrogen (secondary N) is 1. The lowest BCUT2D eigenvalue weighted by Gasteiger charge is -2.08. The molecule has 0 saturated heterocycles. The molecular weight excluding hydrogens is 296 g/mol. The first-order chi connectivity index (χ1) is 10.7. The average molecular weight is 314 g/mol. The molecule has 1 amide bonds. The van der Waals surface area contributed by atoms with E-state index < -0.39 is 0 Å². The van der Waals surface area contributed by atoms with Gasteiger partial charge in [0.05, 0.1) is 12.1 Å². The number of pyridine rings is 1. The molecular formula is C17H18N2O2S. The summed E-state index contributed by atoms with van der Waals surface area (Å²) in [6, 6.07) is 12.4. The van der Waals surface area contributed by atoms with Crippen molar-refractivity contribution in [1.82, 2.24) is 10.3 Å². The van der Waals surface area contributed by atoms with Gasteiger partial charge in [-0.05, 0) is 24.3 Å². The molecule has 0 aliphatic carbocycles. The predicted octanol–water partition coefficient (Wildman–Crippen LogP) is 3.20. The highest BCUT2D eigenvalue weighted by atomic mass is 32.2. The fourth-order valence-electron chi connectivity index (χ4n) is 1.86. The number of nitrogens with zero attached hydrogens (tertiary/aromatic N) is 1. The highest BCUT2D eigenvalue weighted by Crippen LogP contribution is 2.20. The second-order valence-electron chi connectivity index (χ2n) is 4.68. The van der Waals surface area contributed by atoms with E-state index >= 15 is 0 Å². The van der Waals surface area contributed by atoms with Crippen molar-refractivity contribution in [2.45, 2.75) is 18.4 Å². The highest BCUT2D eigenvalue weighted by molar-refractivity contribution is 7.99. The van der Waals surface area contributed by atoms with Crippen LogP contribution in [0.25, 0.3) is 0 Å². The molecule has 1 heterocycles. The fraction of sp³-hybridized carbons (Fsp3) is 0.235. The minimum absolute atomic E-state index is 0.0182. The molecule has 2 rings (SSSR count). The first-order valence-corrected chi connectivity index (χ1v) is 8.15. The Morgan fingerprint density at radius 3 is 2.64 bits per heavy atom. The number of thioether (sulfide) groups is 1. The number of amides is 1. The van der Waals surface area contributed by atoms with E-state index in [4.69, 9.17) is 0 Å². The zero-order valence-electron chi connectivity index (χ0n) is 12.4. The Labute approximate surface area is 134 Å². The Bertz CT molecular complexity index is 644. The van der Waals surface area contributed by atoms with E-state index in [0.717, 1.165) is 12.2 Å². The van der Waals surface area contributed by atoms with E-state index in [1.54, 1.807) is 54.4 Å². The largest absolute Gasteiger partial charge is 0.344 e. The molecule has 4 nitrogen and oxygen atoms in total. The van der Waals surface area contributed by atoms with Crippen molar-refractivity contribution < 1.29 is 9.59 Å². The van der Waals surface area contributed by atoms with Crippen LogP contribution in [0.5, 0.6) is 0 Å². The zero-order valence-corrected chi connectivity index (χ0v) is 13.2. The topological polar surface area (TPSA) is 59.1 Å². The predicted molar refractivity (Wildman–Crippen MR) is 88.4 cm³/mol. The molecule has 1 N–H and O–H groups in total. The van der Waals surface area contributed by atoms with Crippen LogP contribution in [0.2, 0.25) is 0 Å². The number of rotatable bonds is 7. The van der Waals surface area contributed by atoms with Crippen LogP contribution in [-0.2, 0) is 0 Å².